The molecule has 0 unspecified atom stereocenters. The third-order valence-electron chi connectivity index (χ3n) is 2.96. The lowest BCUT2D eigenvalue weighted by Gasteiger charge is -2.38. The number of hydrogen-bond acceptors (Lipinski definition) is 5. The molecule has 0 bridgehead atoms. The van der Waals surface area contributed by atoms with Crippen LogP contribution in [0.3, 0.4) is 0 Å². The summed E-state index contributed by atoms with van der Waals surface area (Å²) >= 11 is 0. The molecule has 2 heterocycles. The fourth-order valence-corrected chi connectivity index (χ4v) is 2.22. The van der Waals surface area contributed by atoms with Crippen LogP contribution in [-0.2, 0) is 11.3 Å². The third kappa shape index (κ3) is 3.17. The van der Waals surface area contributed by atoms with Crippen molar-refractivity contribution in [2.45, 2.75) is 32.9 Å². The van der Waals surface area contributed by atoms with Crippen LogP contribution in [0.4, 0.5) is 5.95 Å². The predicted octanol–water partition coefficient (Wildman–Crippen LogP) is 1.12. The predicted molar refractivity (Wildman–Crippen MR) is 71.8 cm³/mol. The van der Waals surface area contributed by atoms with E-state index >= 15 is 0 Å². The second-order valence-corrected chi connectivity index (χ2v) is 5.36. The van der Waals surface area contributed by atoms with Crippen molar-refractivity contribution < 1.29 is 4.74 Å². The smallest absolute Gasteiger partial charge is 0.225 e. The molecule has 0 aromatic carbocycles. The van der Waals surface area contributed by atoms with Crippen LogP contribution in [0.25, 0.3) is 0 Å². The second kappa shape index (κ2) is 5.20. The Morgan fingerprint density at radius 1 is 1.44 bits per heavy atom. The Morgan fingerprint density at radius 2 is 2.22 bits per heavy atom. The van der Waals surface area contributed by atoms with Crippen molar-refractivity contribution in [3.8, 4) is 0 Å². The summed E-state index contributed by atoms with van der Waals surface area (Å²) in [6.07, 6.45) is 0. The summed E-state index contributed by atoms with van der Waals surface area (Å²) in [6, 6.07) is 2.02. The van der Waals surface area contributed by atoms with E-state index in [0.717, 1.165) is 43.6 Å². The number of nitrogens with one attached hydrogen (secondary N) is 1. The van der Waals surface area contributed by atoms with Crippen molar-refractivity contribution in [2.75, 3.05) is 31.6 Å². The van der Waals surface area contributed by atoms with Crippen molar-refractivity contribution in [3.63, 3.8) is 0 Å². The van der Waals surface area contributed by atoms with Crippen LogP contribution in [0.2, 0.25) is 0 Å². The van der Waals surface area contributed by atoms with E-state index in [1.54, 1.807) is 0 Å². The Hall–Kier alpha value is -1.20. The molecule has 5 nitrogen and oxygen atoms in total. The van der Waals surface area contributed by atoms with Gasteiger partial charge in [0.2, 0.25) is 5.95 Å². The lowest BCUT2D eigenvalue weighted by Crippen LogP contribution is -2.49. The van der Waals surface area contributed by atoms with Gasteiger partial charge in [-0.2, -0.15) is 0 Å². The first-order chi connectivity index (χ1) is 8.50. The molecule has 1 aliphatic rings. The van der Waals surface area contributed by atoms with Crippen LogP contribution in [0.5, 0.6) is 0 Å². The molecule has 0 amide bonds. The van der Waals surface area contributed by atoms with Crippen LogP contribution in [0, 0.1) is 6.92 Å². The average molecular weight is 250 g/mol. The van der Waals surface area contributed by atoms with Crippen molar-refractivity contribution >= 4 is 5.95 Å². The number of anilines is 1. The zero-order valence-electron chi connectivity index (χ0n) is 11.7. The minimum absolute atomic E-state index is 0.130. The molecular weight excluding hydrogens is 228 g/mol. The summed E-state index contributed by atoms with van der Waals surface area (Å²) in [4.78, 5) is 11.4. The van der Waals surface area contributed by atoms with Crippen LogP contribution in [0.1, 0.15) is 25.2 Å². The van der Waals surface area contributed by atoms with Gasteiger partial charge in [-0.1, -0.05) is 0 Å². The summed E-state index contributed by atoms with van der Waals surface area (Å²) in [6.45, 7) is 9.39. The molecule has 100 valence electrons. The van der Waals surface area contributed by atoms with Gasteiger partial charge >= 0.3 is 0 Å². The van der Waals surface area contributed by atoms with Gasteiger partial charge in [0.15, 0.2) is 0 Å². The monoisotopic (exact) mass is 250 g/mol. The topological polar surface area (TPSA) is 50.3 Å². The first-order valence-corrected chi connectivity index (χ1v) is 6.38. The molecule has 2 rings (SSSR count). The number of ether oxygens (including phenoxy) is 1. The van der Waals surface area contributed by atoms with Crippen LogP contribution in [-0.4, -0.2) is 42.3 Å². The molecule has 5 heteroatoms. The summed E-state index contributed by atoms with van der Waals surface area (Å²) in [7, 11) is 1.93. The van der Waals surface area contributed by atoms with Gasteiger partial charge < -0.3 is 15.0 Å². The highest BCUT2D eigenvalue weighted by atomic mass is 16.5. The Labute approximate surface area is 109 Å². The zero-order chi connectivity index (χ0) is 13.2. The van der Waals surface area contributed by atoms with Gasteiger partial charge in [0.25, 0.3) is 0 Å². The molecular formula is C13H22N4O. The Bertz CT molecular complexity index is 419. The van der Waals surface area contributed by atoms with Gasteiger partial charge in [0.05, 0.1) is 17.9 Å². The van der Waals surface area contributed by atoms with Crippen LogP contribution < -0.4 is 10.2 Å². The van der Waals surface area contributed by atoms with E-state index in [1.165, 1.54) is 0 Å². The lowest BCUT2D eigenvalue weighted by molar-refractivity contribution is -0.0281. The summed E-state index contributed by atoms with van der Waals surface area (Å²) in [5.74, 6) is 0.816. The molecule has 1 aromatic rings. The highest BCUT2D eigenvalue weighted by Gasteiger charge is 2.28. The van der Waals surface area contributed by atoms with E-state index in [1.807, 2.05) is 20.0 Å². The summed E-state index contributed by atoms with van der Waals surface area (Å²) < 4.78 is 5.72. The molecule has 1 aliphatic heterocycles. The molecule has 0 spiro atoms. The average Bonchev–Trinajstić information content (AvgIpc) is 2.27. The van der Waals surface area contributed by atoms with Gasteiger partial charge in [-0.25, -0.2) is 9.97 Å². The van der Waals surface area contributed by atoms with E-state index in [-0.39, 0.29) is 5.60 Å². The molecule has 0 atom stereocenters. The lowest BCUT2D eigenvalue weighted by atomic mass is 10.1. The SMILES string of the molecule is CNCc1cc(C)nc(N2CCOC(C)(C)C2)n1. The number of nitrogens with zero attached hydrogens (tertiary/aromatic N) is 3. The minimum Gasteiger partial charge on any atom is -0.372 e. The first kappa shape index (κ1) is 13.2. The second-order valence-electron chi connectivity index (χ2n) is 5.36. The van der Waals surface area contributed by atoms with E-state index in [4.69, 9.17) is 4.74 Å². The van der Waals surface area contributed by atoms with Crippen molar-refractivity contribution in [3.05, 3.63) is 17.5 Å². The Morgan fingerprint density at radius 3 is 2.89 bits per heavy atom. The van der Waals surface area contributed by atoms with E-state index in [0.29, 0.717) is 0 Å². The van der Waals surface area contributed by atoms with Crippen molar-refractivity contribution in [2.24, 2.45) is 0 Å². The van der Waals surface area contributed by atoms with Gasteiger partial charge in [-0.15, -0.1) is 0 Å². The quantitative estimate of drug-likeness (QED) is 0.871. The molecule has 18 heavy (non-hydrogen) atoms. The van der Waals surface area contributed by atoms with Crippen molar-refractivity contribution in [1.29, 1.82) is 0 Å². The zero-order valence-corrected chi connectivity index (χ0v) is 11.7. The van der Waals surface area contributed by atoms with E-state index in [9.17, 15) is 0 Å². The maximum atomic E-state index is 5.72. The van der Waals surface area contributed by atoms with E-state index < -0.39 is 0 Å². The maximum Gasteiger partial charge on any atom is 0.225 e. The number of aromatic nitrogens is 2. The number of aryl methyl sites for hydroxylation is 1. The molecule has 0 saturated carbocycles. The Kier molecular flexibility index (Phi) is 3.82. The van der Waals surface area contributed by atoms with Gasteiger partial charge in [-0.3, -0.25) is 0 Å². The highest BCUT2D eigenvalue weighted by molar-refractivity contribution is 5.33. The van der Waals surface area contributed by atoms with Crippen LogP contribution in [0.15, 0.2) is 6.07 Å². The molecule has 1 saturated heterocycles. The Balaban J connectivity index is 2.21. The van der Waals surface area contributed by atoms with Crippen molar-refractivity contribution in [1.82, 2.24) is 15.3 Å². The molecule has 0 aliphatic carbocycles. The first-order valence-electron chi connectivity index (χ1n) is 6.38. The van der Waals surface area contributed by atoms with Gasteiger partial charge in [0, 0.05) is 25.3 Å². The van der Waals surface area contributed by atoms with Crippen LogP contribution >= 0.6 is 0 Å². The summed E-state index contributed by atoms with van der Waals surface area (Å²) in [5.41, 5.74) is 1.91. The number of rotatable bonds is 3. The number of hydrogen-bond donors (Lipinski definition) is 1. The molecule has 0 radical (unpaired) electrons. The fourth-order valence-electron chi connectivity index (χ4n) is 2.22. The standard InChI is InChI=1S/C13H22N4O/c1-10-7-11(8-14-4)16-12(15-10)17-5-6-18-13(2,3)9-17/h7,14H,5-6,8-9H2,1-4H3. The molecule has 1 fully saturated rings. The largest absolute Gasteiger partial charge is 0.372 e. The van der Waals surface area contributed by atoms with Gasteiger partial charge in [-0.05, 0) is 33.9 Å². The maximum absolute atomic E-state index is 5.72. The van der Waals surface area contributed by atoms with Gasteiger partial charge in [0.1, 0.15) is 0 Å². The summed E-state index contributed by atoms with van der Waals surface area (Å²) in [5, 5.41) is 3.12. The fraction of sp³-hybridized carbons (Fsp3) is 0.692. The highest BCUT2D eigenvalue weighted by Crippen LogP contribution is 2.20. The van der Waals surface area contributed by atoms with E-state index in [2.05, 4.69) is 34.0 Å². The third-order valence-corrected chi connectivity index (χ3v) is 2.96. The normalized spacial score (nSPS) is 19.0. The number of morpholine rings is 1. The minimum atomic E-state index is -0.130. The molecule has 1 aromatic heterocycles. The molecule has 1 N–H and O–H groups in total.